The number of amides is 1. The van der Waals surface area contributed by atoms with Crippen LogP contribution in [0.2, 0.25) is 5.02 Å². The quantitative estimate of drug-likeness (QED) is 0.232. The molecule has 1 atom stereocenters. The van der Waals surface area contributed by atoms with Gasteiger partial charge in [0, 0.05) is 19.3 Å². The Hall–Kier alpha value is -4.52. The lowest BCUT2D eigenvalue weighted by Gasteiger charge is -2.38. The number of fused-ring (bicyclic) bond motifs is 1. The summed E-state index contributed by atoms with van der Waals surface area (Å²) in [5.41, 5.74) is 1.50. The number of anilines is 2. The van der Waals surface area contributed by atoms with Gasteiger partial charge in [-0.1, -0.05) is 41.9 Å². The highest BCUT2D eigenvalue weighted by Crippen LogP contribution is 2.46. The molecule has 0 aromatic heterocycles. The van der Waals surface area contributed by atoms with Crippen LogP contribution in [0, 0.1) is 17.2 Å². The minimum atomic E-state index is -1.40. The van der Waals surface area contributed by atoms with E-state index >= 15 is 0 Å². The molecule has 256 valence electrons. The number of ether oxygens (including phenoxy) is 3. The maximum atomic E-state index is 14.2. The molecule has 9 nitrogen and oxygen atoms in total. The van der Waals surface area contributed by atoms with Crippen molar-refractivity contribution in [3.05, 3.63) is 88.5 Å². The SMILES string of the molecule is CCN(C(=O)C1=C(OC(=O)[C@H]2CC[C@](C#N)(c3ccc(OC)c(OC4CCCC4)c3)CC2)c2c(Cl)cccc2N(C)C1O)c1ccccc1. The van der Waals surface area contributed by atoms with E-state index in [0.717, 1.165) is 31.2 Å². The topological polar surface area (TPSA) is 112 Å². The molecule has 3 aromatic carbocycles. The van der Waals surface area contributed by atoms with Crippen molar-refractivity contribution in [2.75, 3.05) is 30.5 Å². The van der Waals surface area contributed by atoms with Gasteiger partial charge in [-0.25, -0.2) is 0 Å². The normalized spacial score (nSPS) is 22.2. The molecule has 2 aliphatic carbocycles. The van der Waals surface area contributed by atoms with Gasteiger partial charge in [-0.15, -0.1) is 0 Å². The zero-order valence-electron chi connectivity index (χ0n) is 28.2. The third-order valence-electron chi connectivity index (χ3n) is 10.2. The number of methoxy groups -OCH3 is 1. The Balaban J connectivity index is 1.28. The van der Waals surface area contributed by atoms with Crippen LogP contribution in [0.1, 0.15) is 69.4 Å². The molecule has 3 aromatic rings. The number of esters is 1. The molecule has 1 N–H and O–H groups in total. The second-order valence-corrected chi connectivity index (χ2v) is 13.4. The molecular weight excluding hydrogens is 642 g/mol. The lowest BCUT2D eigenvalue weighted by Crippen LogP contribution is -2.45. The van der Waals surface area contributed by atoms with E-state index in [4.69, 9.17) is 25.8 Å². The van der Waals surface area contributed by atoms with Gasteiger partial charge in [-0.3, -0.25) is 9.59 Å². The van der Waals surface area contributed by atoms with Crippen LogP contribution in [0.5, 0.6) is 11.5 Å². The number of rotatable bonds is 9. The molecule has 0 spiro atoms. The number of aliphatic hydroxyl groups excluding tert-OH is 1. The van der Waals surface area contributed by atoms with Crippen molar-refractivity contribution in [1.29, 1.82) is 5.26 Å². The predicted molar refractivity (Wildman–Crippen MR) is 188 cm³/mol. The lowest BCUT2D eigenvalue weighted by molar-refractivity contribution is -0.142. The highest BCUT2D eigenvalue weighted by atomic mass is 35.5. The average Bonchev–Trinajstić information content (AvgIpc) is 3.64. The number of likely N-dealkylation sites (N-methyl/N-ethyl adjacent to an activating group) is 2. The summed E-state index contributed by atoms with van der Waals surface area (Å²) in [5, 5.41) is 22.3. The number of carbonyl (C=O) groups excluding carboxylic acids is 2. The Bertz CT molecular complexity index is 1770. The fourth-order valence-electron chi connectivity index (χ4n) is 7.37. The number of nitrogens with zero attached hydrogens (tertiary/aromatic N) is 3. The number of halogens is 1. The molecule has 3 aliphatic rings. The van der Waals surface area contributed by atoms with E-state index in [1.54, 1.807) is 37.3 Å². The van der Waals surface area contributed by atoms with Crippen molar-refractivity contribution in [2.45, 2.75) is 76.0 Å². The monoisotopic (exact) mass is 683 g/mol. The van der Waals surface area contributed by atoms with E-state index in [1.807, 2.05) is 55.5 Å². The Labute approximate surface area is 292 Å². The third-order valence-corrected chi connectivity index (χ3v) is 10.5. The van der Waals surface area contributed by atoms with Crippen LogP contribution in [0.25, 0.3) is 5.76 Å². The van der Waals surface area contributed by atoms with Crippen LogP contribution in [0.3, 0.4) is 0 Å². The molecule has 0 saturated heterocycles. The van der Waals surface area contributed by atoms with Crippen LogP contribution in [-0.4, -0.2) is 50.0 Å². The van der Waals surface area contributed by atoms with Crippen molar-refractivity contribution in [3.63, 3.8) is 0 Å². The van der Waals surface area contributed by atoms with E-state index in [1.165, 1.54) is 4.90 Å². The van der Waals surface area contributed by atoms with E-state index in [-0.39, 0.29) is 22.5 Å². The van der Waals surface area contributed by atoms with E-state index in [9.17, 15) is 20.0 Å². The Morgan fingerprint density at radius 2 is 1.73 bits per heavy atom. The number of aliphatic hydroxyl groups is 1. The zero-order chi connectivity index (χ0) is 34.7. The largest absolute Gasteiger partial charge is 0.493 e. The molecule has 1 amide bonds. The maximum absolute atomic E-state index is 14.2. The van der Waals surface area contributed by atoms with Crippen LogP contribution in [0.15, 0.2) is 72.3 Å². The number of benzene rings is 3. The molecule has 1 aliphatic heterocycles. The van der Waals surface area contributed by atoms with Crippen molar-refractivity contribution in [1.82, 2.24) is 0 Å². The van der Waals surface area contributed by atoms with Gasteiger partial charge in [-0.2, -0.15) is 5.26 Å². The molecular formula is C39H42ClN3O6. The highest BCUT2D eigenvalue weighted by molar-refractivity contribution is 6.33. The van der Waals surface area contributed by atoms with Gasteiger partial charge < -0.3 is 29.1 Å². The molecule has 2 fully saturated rings. The third kappa shape index (κ3) is 6.60. The number of hydrogen-bond donors (Lipinski definition) is 1. The summed E-state index contributed by atoms with van der Waals surface area (Å²) in [5.74, 6) is -0.331. The Morgan fingerprint density at radius 1 is 1.02 bits per heavy atom. The molecule has 1 heterocycles. The van der Waals surface area contributed by atoms with Crippen LogP contribution < -0.4 is 19.3 Å². The number of carbonyl (C=O) groups is 2. The smallest absolute Gasteiger partial charge is 0.314 e. The molecule has 0 bridgehead atoms. The van der Waals surface area contributed by atoms with E-state index in [2.05, 4.69) is 6.07 Å². The summed E-state index contributed by atoms with van der Waals surface area (Å²) in [7, 11) is 3.27. The Morgan fingerprint density at radius 3 is 2.39 bits per heavy atom. The summed E-state index contributed by atoms with van der Waals surface area (Å²) in [6, 6.07) is 22.5. The van der Waals surface area contributed by atoms with Gasteiger partial charge in [0.1, 0.15) is 5.57 Å². The minimum absolute atomic E-state index is 0.0449. The summed E-state index contributed by atoms with van der Waals surface area (Å²) in [6.07, 6.45) is 4.67. The summed E-state index contributed by atoms with van der Waals surface area (Å²) in [6.45, 7) is 2.16. The standard InChI is InChI=1S/C39H42ClN3O6/c1-4-43(27-11-6-5-7-12-27)37(45)34-35(33-29(40)15-10-16-30(33)42(2)36(34)44)49-38(46)25-19-21-39(24-41,22-20-25)26-17-18-31(47-3)32(23-26)48-28-13-8-9-14-28/h5-7,10-12,15-18,23,25,28,36,44H,4,8-9,13-14,19-22H2,1-3H3/t25-,36?,39-. The average molecular weight is 684 g/mol. The highest BCUT2D eigenvalue weighted by Gasteiger charge is 2.43. The van der Waals surface area contributed by atoms with Crippen molar-refractivity contribution < 1.29 is 28.9 Å². The van der Waals surface area contributed by atoms with Gasteiger partial charge in [-0.05, 0) is 100 Å². The molecule has 1 unspecified atom stereocenters. The maximum Gasteiger partial charge on any atom is 0.314 e. The summed E-state index contributed by atoms with van der Waals surface area (Å²) < 4.78 is 18.0. The van der Waals surface area contributed by atoms with E-state index < -0.39 is 29.4 Å². The second kappa shape index (κ2) is 14.5. The van der Waals surface area contributed by atoms with Crippen molar-refractivity contribution >= 4 is 40.6 Å². The van der Waals surface area contributed by atoms with Crippen LogP contribution in [0.4, 0.5) is 11.4 Å². The van der Waals surface area contributed by atoms with Gasteiger partial charge in [0.25, 0.3) is 5.91 Å². The van der Waals surface area contributed by atoms with E-state index in [0.29, 0.717) is 60.7 Å². The first-order chi connectivity index (χ1) is 23.7. The summed E-state index contributed by atoms with van der Waals surface area (Å²) >= 11 is 6.72. The molecule has 2 saturated carbocycles. The first-order valence-electron chi connectivity index (χ1n) is 17.0. The van der Waals surface area contributed by atoms with Crippen molar-refractivity contribution in [3.8, 4) is 17.6 Å². The van der Waals surface area contributed by atoms with Crippen LogP contribution in [-0.2, 0) is 19.7 Å². The molecule has 10 heteroatoms. The van der Waals surface area contributed by atoms with Crippen LogP contribution >= 0.6 is 11.6 Å². The predicted octanol–water partition coefficient (Wildman–Crippen LogP) is 7.40. The molecule has 0 radical (unpaired) electrons. The first kappa shape index (κ1) is 34.3. The van der Waals surface area contributed by atoms with Gasteiger partial charge in [0.15, 0.2) is 23.5 Å². The van der Waals surface area contributed by atoms with Gasteiger partial charge in [0.2, 0.25) is 0 Å². The molecule has 49 heavy (non-hydrogen) atoms. The fourth-order valence-corrected chi connectivity index (χ4v) is 7.62. The number of nitriles is 1. The fraction of sp³-hybridized carbons (Fsp3) is 0.410. The first-order valence-corrected chi connectivity index (χ1v) is 17.4. The van der Waals surface area contributed by atoms with Crippen molar-refractivity contribution in [2.24, 2.45) is 5.92 Å². The second-order valence-electron chi connectivity index (χ2n) is 13.0. The number of para-hydroxylation sites is 1. The van der Waals surface area contributed by atoms with Gasteiger partial charge in [0.05, 0.1) is 46.9 Å². The van der Waals surface area contributed by atoms with Gasteiger partial charge >= 0.3 is 5.97 Å². The number of hydrogen-bond acceptors (Lipinski definition) is 8. The Kier molecular flexibility index (Phi) is 10.2. The lowest BCUT2D eigenvalue weighted by atomic mass is 9.67. The zero-order valence-corrected chi connectivity index (χ0v) is 28.9. The minimum Gasteiger partial charge on any atom is -0.493 e. The molecule has 6 rings (SSSR count). The summed E-state index contributed by atoms with van der Waals surface area (Å²) in [4.78, 5) is 31.3.